The Hall–Kier alpha value is -1.65. The lowest BCUT2D eigenvalue weighted by Gasteiger charge is -2.38. The van der Waals surface area contributed by atoms with Crippen molar-refractivity contribution in [3.63, 3.8) is 0 Å². The summed E-state index contributed by atoms with van der Waals surface area (Å²) in [6.07, 6.45) is 3.22. The van der Waals surface area contributed by atoms with Crippen molar-refractivity contribution in [2.75, 3.05) is 38.2 Å². The summed E-state index contributed by atoms with van der Waals surface area (Å²) in [7, 11) is 2.18. The molecule has 0 atom stereocenters. The molecule has 124 valence electrons. The molecule has 0 amide bonds. The summed E-state index contributed by atoms with van der Waals surface area (Å²) in [6.45, 7) is 5.51. The summed E-state index contributed by atoms with van der Waals surface area (Å²) < 4.78 is 0. The third-order valence-corrected chi connectivity index (χ3v) is 4.92. The molecule has 0 radical (unpaired) electrons. The first kappa shape index (κ1) is 16.2. The summed E-state index contributed by atoms with van der Waals surface area (Å²) in [4.78, 5) is 9.56. The molecular weight excluding hydrogens is 286 g/mol. The highest BCUT2D eigenvalue weighted by atomic mass is 16.3. The summed E-state index contributed by atoms with van der Waals surface area (Å²) in [5.74, 6) is 0. The van der Waals surface area contributed by atoms with Crippen LogP contribution in [0.5, 0.6) is 0 Å². The van der Waals surface area contributed by atoms with Crippen LogP contribution in [0.25, 0.3) is 10.9 Å². The van der Waals surface area contributed by atoms with E-state index in [1.54, 1.807) is 0 Å². The normalized spacial score (nSPS) is 16.4. The van der Waals surface area contributed by atoms with Crippen molar-refractivity contribution in [3.8, 4) is 0 Å². The van der Waals surface area contributed by atoms with Gasteiger partial charge in [0.1, 0.15) is 0 Å². The number of piperidine rings is 1. The number of fused-ring (bicyclic) bond motifs is 1. The van der Waals surface area contributed by atoms with Crippen LogP contribution in [0, 0.1) is 6.92 Å². The van der Waals surface area contributed by atoms with Gasteiger partial charge in [-0.25, -0.2) is 0 Å². The van der Waals surface area contributed by atoms with Gasteiger partial charge in [-0.15, -0.1) is 0 Å². The molecule has 2 heterocycles. The lowest BCUT2D eigenvalue weighted by molar-refractivity contribution is 0.184. The van der Waals surface area contributed by atoms with Gasteiger partial charge in [0.25, 0.3) is 0 Å². The third kappa shape index (κ3) is 3.65. The second-order valence-electron chi connectivity index (χ2n) is 6.58. The van der Waals surface area contributed by atoms with Crippen molar-refractivity contribution >= 4 is 16.6 Å². The average molecular weight is 313 g/mol. The number of nitrogens with zero attached hydrogens (tertiary/aromatic N) is 3. The Morgan fingerprint density at radius 2 is 2.00 bits per heavy atom. The number of aromatic nitrogens is 1. The first-order valence-corrected chi connectivity index (χ1v) is 8.61. The van der Waals surface area contributed by atoms with E-state index in [2.05, 4.69) is 59.1 Å². The Bertz CT molecular complexity index is 650. The maximum absolute atomic E-state index is 8.99. The molecule has 0 bridgehead atoms. The number of rotatable bonds is 5. The maximum Gasteiger partial charge on any atom is 0.0726 e. The lowest BCUT2D eigenvalue weighted by Crippen LogP contribution is -2.43. The molecule has 4 heteroatoms. The highest BCUT2D eigenvalue weighted by molar-refractivity contribution is 5.92. The Morgan fingerprint density at radius 1 is 1.26 bits per heavy atom. The van der Waals surface area contributed by atoms with Crippen LogP contribution in [0.4, 0.5) is 5.69 Å². The first-order chi connectivity index (χ1) is 11.2. The summed E-state index contributed by atoms with van der Waals surface area (Å²) in [5, 5.41) is 10.2. The monoisotopic (exact) mass is 313 g/mol. The molecule has 0 aliphatic carbocycles. The van der Waals surface area contributed by atoms with E-state index in [1.165, 1.54) is 23.9 Å². The summed E-state index contributed by atoms with van der Waals surface area (Å²) >= 11 is 0. The van der Waals surface area contributed by atoms with E-state index in [0.717, 1.165) is 37.3 Å². The smallest absolute Gasteiger partial charge is 0.0726 e. The molecule has 1 fully saturated rings. The molecule has 23 heavy (non-hydrogen) atoms. The molecule has 4 nitrogen and oxygen atoms in total. The topological polar surface area (TPSA) is 39.6 Å². The lowest BCUT2D eigenvalue weighted by atomic mass is 10.0. The maximum atomic E-state index is 8.99. The molecule has 0 saturated carbocycles. The van der Waals surface area contributed by atoms with Gasteiger partial charge in [-0.05, 0) is 45.4 Å². The zero-order chi connectivity index (χ0) is 16.2. The molecule has 1 aromatic carbocycles. The quantitative estimate of drug-likeness (QED) is 0.921. The third-order valence-electron chi connectivity index (χ3n) is 4.92. The summed E-state index contributed by atoms with van der Waals surface area (Å²) in [6, 6.07) is 11.3. The molecule has 1 aromatic heterocycles. The number of benzene rings is 1. The second kappa shape index (κ2) is 7.28. The van der Waals surface area contributed by atoms with Gasteiger partial charge < -0.3 is 14.9 Å². The number of aryl methyl sites for hydroxylation is 1. The first-order valence-electron chi connectivity index (χ1n) is 8.61. The van der Waals surface area contributed by atoms with Gasteiger partial charge in [0.2, 0.25) is 0 Å². The molecule has 1 aliphatic rings. The van der Waals surface area contributed by atoms with Crippen molar-refractivity contribution < 1.29 is 5.11 Å². The standard InChI is InChI=1S/C19H27N3O/c1-15-14-19(17-6-3-4-7-18(17)20-15)22-11-8-16(9-12-22)21(2)10-5-13-23/h3-4,6-7,14,16,23H,5,8-13H2,1-2H3. The SMILES string of the molecule is Cc1cc(N2CCC(N(C)CCCO)CC2)c2ccccc2n1. The van der Waals surface area contributed by atoms with E-state index in [4.69, 9.17) is 5.11 Å². The molecule has 1 N–H and O–H groups in total. The van der Waals surface area contributed by atoms with Crippen molar-refractivity contribution in [2.45, 2.75) is 32.2 Å². The zero-order valence-electron chi connectivity index (χ0n) is 14.2. The average Bonchev–Trinajstić information content (AvgIpc) is 2.59. The van der Waals surface area contributed by atoms with E-state index < -0.39 is 0 Å². The van der Waals surface area contributed by atoms with E-state index >= 15 is 0 Å². The fraction of sp³-hybridized carbons (Fsp3) is 0.526. The van der Waals surface area contributed by atoms with E-state index in [9.17, 15) is 0 Å². The van der Waals surface area contributed by atoms with Crippen LogP contribution in [-0.2, 0) is 0 Å². The molecule has 3 rings (SSSR count). The number of aliphatic hydroxyl groups is 1. The highest BCUT2D eigenvalue weighted by Crippen LogP contribution is 2.29. The van der Waals surface area contributed by atoms with Crippen LogP contribution in [0.15, 0.2) is 30.3 Å². The molecule has 2 aromatic rings. The van der Waals surface area contributed by atoms with Crippen molar-refractivity contribution in [1.29, 1.82) is 0 Å². The van der Waals surface area contributed by atoms with Gasteiger partial charge in [-0.2, -0.15) is 0 Å². The fourth-order valence-corrected chi connectivity index (χ4v) is 3.60. The van der Waals surface area contributed by atoms with Crippen LogP contribution in [0.1, 0.15) is 25.0 Å². The number of hydrogen-bond donors (Lipinski definition) is 1. The van der Waals surface area contributed by atoms with Gasteiger partial charge in [-0.1, -0.05) is 18.2 Å². The van der Waals surface area contributed by atoms with E-state index in [1.807, 2.05) is 0 Å². The van der Waals surface area contributed by atoms with Crippen LogP contribution >= 0.6 is 0 Å². The Balaban J connectivity index is 1.73. The second-order valence-corrected chi connectivity index (χ2v) is 6.58. The number of para-hydroxylation sites is 1. The summed E-state index contributed by atoms with van der Waals surface area (Å²) in [5.41, 5.74) is 3.50. The Morgan fingerprint density at radius 3 is 2.74 bits per heavy atom. The predicted molar refractivity (Wildman–Crippen MR) is 96.0 cm³/mol. The number of anilines is 1. The van der Waals surface area contributed by atoms with Crippen LogP contribution in [-0.4, -0.2) is 54.3 Å². The number of hydrogen-bond acceptors (Lipinski definition) is 4. The van der Waals surface area contributed by atoms with Gasteiger partial charge in [0, 0.05) is 49.1 Å². The van der Waals surface area contributed by atoms with E-state index in [-0.39, 0.29) is 6.61 Å². The Labute approximate surface area is 138 Å². The minimum atomic E-state index is 0.283. The van der Waals surface area contributed by atoms with Crippen LogP contribution < -0.4 is 4.90 Å². The van der Waals surface area contributed by atoms with Gasteiger partial charge in [0.15, 0.2) is 0 Å². The largest absolute Gasteiger partial charge is 0.396 e. The van der Waals surface area contributed by atoms with E-state index in [0.29, 0.717) is 6.04 Å². The molecular formula is C19H27N3O. The van der Waals surface area contributed by atoms with Crippen LogP contribution in [0.3, 0.4) is 0 Å². The minimum absolute atomic E-state index is 0.283. The zero-order valence-corrected chi connectivity index (χ0v) is 14.2. The molecule has 0 spiro atoms. The highest BCUT2D eigenvalue weighted by Gasteiger charge is 2.23. The number of pyridine rings is 1. The van der Waals surface area contributed by atoms with Crippen LogP contribution in [0.2, 0.25) is 0 Å². The molecule has 0 unspecified atom stereocenters. The molecule has 1 saturated heterocycles. The van der Waals surface area contributed by atoms with Crippen molar-refractivity contribution in [2.24, 2.45) is 0 Å². The Kier molecular flexibility index (Phi) is 5.13. The van der Waals surface area contributed by atoms with Crippen molar-refractivity contribution in [1.82, 2.24) is 9.88 Å². The van der Waals surface area contributed by atoms with Gasteiger partial charge in [0.05, 0.1) is 5.52 Å². The van der Waals surface area contributed by atoms with Gasteiger partial charge in [-0.3, -0.25) is 4.98 Å². The van der Waals surface area contributed by atoms with Crippen molar-refractivity contribution in [3.05, 3.63) is 36.0 Å². The fourth-order valence-electron chi connectivity index (χ4n) is 3.60. The number of aliphatic hydroxyl groups excluding tert-OH is 1. The molecule has 1 aliphatic heterocycles. The minimum Gasteiger partial charge on any atom is -0.396 e. The van der Waals surface area contributed by atoms with Gasteiger partial charge >= 0.3 is 0 Å². The predicted octanol–water partition coefficient (Wildman–Crippen LogP) is 2.83.